The van der Waals surface area contributed by atoms with Gasteiger partial charge in [-0.15, -0.1) is 0 Å². The maximum atomic E-state index is 10.6. The first-order valence-electron chi connectivity index (χ1n) is 3.07. The van der Waals surface area contributed by atoms with Crippen LogP contribution in [0.4, 0.5) is 0 Å². The van der Waals surface area contributed by atoms with E-state index < -0.39 is 0 Å². The summed E-state index contributed by atoms with van der Waals surface area (Å²) in [5.41, 5.74) is 5.72. The first-order valence-corrected chi connectivity index (χ1v) is 3.07. The van der Waals surface area contributed by atoms with Crippen LogP contribution in [0, 0.1) is 0 Å². The molecule has 4 N–H and O–H groups in total. The Bertz CT molecular complexity index is 208. The summed E-state index contributed by atoms with van der Waals surface area (Å²) in [7, 11) is 1.90. The molecule has 0 bridgehead atoms. The third-order valence-electron chi connectivity index (χ3n) is 1.37. The first kappa shape index (κ1) is 9.71. The number of hydrogen-bond acceptors (Lipinski definition) is 2. The van der Waals surface area contributed by atoms with Crippen LogP contribution in [-0.2, 0) is 4.79 Å². The predicted octanol–water partition coefficient (Wildman–Crippen LogP) is -0.968. The standard InChI is InChI=1S/C7H10N2O.H2O/c1-9-4-2-3-6(5-9)7(8)10;/h2-4H,5H2,1H3,(H2,8,10);1H2. The van der Waals surface area contributed by atoms with Crippen molar-refractivity contribution in [3.05, 3.63) is 23.9 Å². The second-order valence-electron chi connectivity index (χ2n) is 2.31. The van der Waals surface area contributed by atoms with Crippen LogP contribution in [0.3, 0.4) is 0 Å². The van der Waals surface area contributed by atoms with E-state index in [2.05, 4.69) is 0 Å². The Morgan fingerprint density at radius 2 is 2.36 bits per heavy atom. The fourth-order valence-electron chi connectivity index (χ4n) is 0.840. The molecule has 0 unspecified atom stereocenters. The first-order chi connectivity index (χ1) is 4.70. The minimum absolute atomic E-state index is 0. The molecule has 0 radical (unpaired) electrons. The van der Waals surface area contributed by atoms with Gasteiger partial charge in [0.1, 0.15) is 0 Å². The summed E-state index contributed by atoms with van der Waals surface area (Å²) >= 11 is 0. The number of carbonyl (C=O) groups excluding carboxylic acids is 1. The minimum Gasteiger partial charge on any atom is -0.412 e. The smallest absolute Gasteiger partial charge is 0.246 e. The highest BCUT2D eigenvalue weighted by Crippen LogP contribution is 2.03. The van der Waals surface area contributed by atoms with Crippen molar-refractivity contribution in [1.29, 1.82) is 0 Å². The van der Waals surface area contributed by atoms with Gasteiger partial charge in [-0.05, 0) is 12.3 Å². The van der Waals surface area contributed by atoms with E-state index in [-0.39, 0.29) is 11.4 Å². The van der Waals surface area contributed by atoms with Crippen LogP contribution in [0.15, 0.2) is 23.9 Å². The Hall–Kier alpha value is -1.29. The van der Waals surface area contributed by atoms with Gasteiger partial charge in [0.25, 0.3) is 0 Å². The average molecular weight is 156 g/mol. The summed E-state index contributed by atoms with van der Waals surface area (Å²) < 4.78 is 0. The lowest BCUT2D eigenvalue weighted by Gasteiger charge is -2.17. The molecule has 1 rings (SSSR count). The van der Waals surface area contributed by atoms with Gasteiger partial charge in [0, 0.05) is 19.2 Å². The van der Waals surface area contributed by atoms with Crippen LogP contribution >= 0.6 is 0 Å². The van der Waals surface area contributed by atoms with Crippen molar-refractivity contribution in [1.82, 2.24) is 4.90 Å². The van der Waals surface area contributed by atoms with Gasteiger partial charge in [-0.1, -0.05) is 6.08 Å². The molecule has 1 aliphatic heterocycles. The largest absolute Gasteiger partial charge is 0.412 e. The van der Waals surface area contributed by atoms with E-state index in [0.29, 0.717) is 12.1 Å². The second-order valence-corrected chi connectivity index (χ2v) is 2.31. The van der Waals surface area contributed by atoms with E-state index in [9.17, 15) is 4.79 Å². The zero-order chi connectivity index (χ0) is 7.56. The van der Waals surface area contributed by atoms with Crippen molar-refractivity contribution < 1.29 is 10.3 Å². The Kier molecular flexibility index (Phi) is 3.33. The molecule has 4 heteroatoms. The fraction of sp³-hybridized carbons (Fsp3) is 0.286. The number of allylic oxidation sites excluding steroid dienone is 2. The lowest BCUT2D eigenvalue weighted by Crippen LogP contribution is -2.25. The molecule has 11 heavy (non-hydrogen) atoms. The highest BCUT2D eigenvalue weighted by molar-refractivity contribution is 5.92. The van der Waals surface area contributed by atoms with Gasteiger partial charge < -0.3 is 16.1 Å². The number of primary amides is 1. The van der Waals surface area contributed by atoms with Gasteiger partial charge in [0.15, 0.2) is 0 Å². The van der Waals surface area contributed by atoms with Crippen LogP contribution in [0.1, 0.15) is 0 Å². The summed E-state index contributed by atoms with van der Waals surface area (Å²) in [5.74, 6) is -0.337. The van der Waals surface area contributed by atoms with Crippen molar-refractivity contribution in [2.45, 2.75) is 0 Å². The molecular weight excluding hydrogens is 144 g/mol. The van der Waals surface area contributed by atoms with Crippen molar-refractivity contribution in [3.63, 3.8) is 0 Å². The summed E-state index contributed by atoms with van der Waals surface area (Å²) in [5, 5.41) is 0. The summed E-state index contributed by atoms with van der Waals surface area (Å²) in [6.07, 6.45) is 5.44. The van der Waals surface area contributed by atoms with E-state index in [1.165, 1.54) is 0 Å². The molecule has 1 aliphatic rings. The topological polar surface area (TPSA) is 77.8 Å². The number of nitrogens with zero attached hydrogens (tertiary/aromatic N) is 1. The van der Waals surface area contributed by atoms with Gasteiger partial charge in [0.05, 0.1) is 0 Å². The van der Waals surface area contributed by atoms with E-state index in [0.717, 1.165) is 0 Å². The Morgan fingerprint density at radius 3 is 2.73 bits per heavy atom. The number of hydrogen-bond donors (Lipinski definition) is 1. The minimum atomic E-state index is -0.337. The third kappa shape index (κ3) is 2.43. The molecule has 0 saturated heterocycles. The lowest BCUT2D eigenvalue weighted by atomic mass is 10.2. The van der Waals surface area contributed by atoms with Gasteiger partial charge in [-0.2, -0.15) is 0 Å². The Morgan fingerprint density at radius 1 is 1.73 bits per heavy atom. The van der Waals surface area contributed by atoms with Crippen LogP contribution in [0.5, 0.6) is 0 Å². The maximum absolute atomic E-state index is 10.6. The Balaban J connectivity index is 0.000001000. The zero-order valence-corrected chi connectivity index (χ0v) is 6.37. The lowest BCUT2D eigenvalue weighted by molar-refractivity contribution is -0.114. The van der Waals surface area contributed by atoms with Crippen molar-refractivity contribution >= 4 is 5.91 Å². The van der Waals surface area contributed by atoms with Crippen molar-refractivity contribution in [2.75, 3.05) is 13.6 Å². The molecule has 0 aromatic heterocycles. The van der Waals surface area contributed by atoms with E-state index in [1.54, 1.807) is 6.08 Å². The van der Waals surface area contributed by atoms with Gasteiger partial charge >= 0.3 is 0 Å². The summed E-state index contributed by atoms with van der Waals surface area (Å²) in [6, 6.07) is 0. The van der Waals surface area contributed by atoms with Crippen LogP contribution in [0.2, 0.25) is 0 Å². The monoisotopic (exact) mass is 156 g/mol. The van der Waals surface area contributed by atoms with Crippen LogP contribution in [0.25, 0.3) is 0 Å². The van der Waals surface area contributed by atoms with Gasteiger partial charge in [0.2, 0.25) is 5.91 Å². The van der Waals surface area contributed by atoms with E-state index in [4.69, 9.17) is 5.73 Å². The quantitative estimate of drug-likeness (QED) is 0.530. The number of amides is 1. The molecule has 1 heterocycles. The number of nitrogens with two attached hydrogens (primary N) is 1. The predicted molar refractivity (Wildman–Crippen MR) is 42.7 cm³/mol. The fourth-order valence-corrected chi connectivity index (χ4v) is 0.840. The van der Waals surface area contributed by atoms with E-state index >= 15 is 0 Å². The van der Waals surface area contributed by atoms with Crippen LogP contribution in [-0.4, -0.2) is 29.9 Å². The molecule has 4 nitrogen and oxygen atoms in total. The molecule has 1 amide bonds. The number of likely N-dealkylation sites (N-methyl/N-ethyl adjacent to an activating group) is 1. The van der Waals surface area contributed by atoms with Crippen molar-refractivity contribution in [3.8, 4) is 0 Å². The SMILES string of the molecule is CN1C=CC=C(C(N)=O)C1.O. The third-order valence-corrected chi connectivity index (χ3v) is 1.37. The average Bonchev–Trinajstić information content (AvgIpc) is 1.88. The van der Waals surface area contributed by atoms with Crippen molar-refractivity contribution in [2.24, 2.45) is 5.73 Å². The normalized spacial score (nSPS) is 15.4. The summed E-state index contributed by atoms with van der Waals surface area (Å²) in [4.78, 5) is 12.5. The maximum Gasteiger partial charge on any atom is 0.246 e. The molecular formula is C7H12N2O2. The second kappa shape index (κ2) is 3.78. The van der Waals surface area contributed by atoms with Crippen LogP contribution < -0.4 is 5.73 Å². The highest BCUT2D eigenvalue weighted by Gasteiger charge is 2.07. The highest BCUT2D eigenvalue weighted by atomic mass is 16.1. The number of rotatable bonds is 1. The molecule has 0 aliphatic carbocycles. The summed E-state index contributed by atoms with van der Waals surface area (Å²) in [6.45, 7) is 0.617. The number of carbonyl (C=O) groups is 1. The molecule has 0 aromatic carbocycles. The molecule has 0 spiro atoms. The molecule has 0 saturated carbocycles. The Labute approximate surface area is 65.3 Å². The zero-order valence-electron chi connectivity index (χ0n) is 6.37. The van der Waals surface area contributed by atoms with Gasteiger partial charge in [-0.25, -0.2) is 0 Å². The molecule has 0 fully saturated rings. The molecule has 0 atom stereocenters. The van der Waals surface area contributed by atoms with E-state index in [1.807, 2.05) is 24.2 Å². The molecule has 62 valence electrons. The van der Waals surface area contributed by atoms with Gasteiger partial charge in [-0.3, -0.25) is 4.79 Å². The molecule has 0 aromatic rings.